The number of halogens is 3. The first-order valence-corrected chi connectivity index (χ1v) is 11.1. The van der Waals surface area contributed by atoms with Crippen molar-refractivity contribution in [3.05, 3.63) is 113 Å². The largest absolute Gasteiger partial charge is 0.489 e. The second-order valence-corrected chi connectivity index (χ2v) is 8.07. The molecule has 35 heavy (non-hydrogen) atoms. The number of amides is 1. The SMILES string of the molecule is CCc1ccc(OCc2cccc(C(=O)Nc3cnn(Cc4cccc(C(F)(F)F)c4)c3)c2)cc1. The van der Waals surface area contributed by atoms with Crippen LogP contribution >= 0.6 is 0 Å². The van der Waals surface area contributed by atoms with Crippen molar-refractivity contribution in [3.63, 3.8) is 0 Å². The van der Waals surface area contributed by atoms with E-state index in [-0.39, 0.29) is 12.5 Å². The van der Waals surface area contributed by atoms with E-state index in [9.17, 15) is 18.0 Å². The molecule has 5 nitrogen and oxygen atoms in total. The third-order valence-corrected chi connectivity index (χ3v) is 5.42. The Kier molecular flexibility index (Phi) is 7.19. The fourth-order valence-electron chi connectivity index (χ4n) is 3.54. The Balaban J connectivity index is 1.36. The van der Waals surface area contributed by atoms with E-state index in [4.69, 9.17) is 4.74 Å². The fraction of sp³-hybridized carbons (Fsp3) is 0.185. The molecule has 1 amide bonds. The summed E-state index contributed by atoms with van der Waals surface area (Å²) < 4.78 is 46.1. The lowest BCUT2D eigenvalue weighted by molar-refractivity contribution is -0.137. The van der Waals surface area contributed by atoms with Crippen LogP contribution in [0.1, 0.15) is 39.5 Å². The summed E-state index contributed by atoms with van der Waals surface area (Å²) in [7, 11) is 0. The van der Waals surface area contributed by atoms with Gasteiger partial charge >= 0.3 is 6.18 Å². The summed E-state index contributed by atoms with van der Waals surface area (Å²) in [5.74, 6) is 0.433. The molecule has 0 bridgehead atoms. The van der Waals surface area contributed by atoms with E-state index in [1.807, 2.05) is 30.3 Å². The van der Waals surface area contributed by atoms with Gasteiger partial charge in [-0.25, -0.2) is 0 Å². The van der Waals surface area contributed by atoms with Gasteiger partial charge in [0, 0.05) is 11.8 Å². The number of hydrogen-bond donors (Lipinski definition) is 1. The number of nitrogens with one attached hydrogen (secondary N) is 1. The minimum Gasteiger partial charge on any atom is -0.489 e. The highest BCUT2D eigenvalue weighted by molar-refractivity contribution is 6.04. The molecule has 0 spiro atoms. The van der Waals surface area contributed by atoms with Crippen LogP contribution in [0.25, 0.3) is 0 Å². The highest BCUT2D eigenvalue weighted by Gasteiger charge is 2.30. The summed E-state index contributed by atoms with van der Waals surface area (Å²) in [6, 6.07) is 20.1. The molecule has 0 fully saturated rings. The maximum absolute atomic E-state index is 12.9. The molecule has 0 aliphatic carbocycles. The highest BCUT2D eigenvalue weighted by atomic mass is 19.4. The molecule has 4 aromatic rings. The number of carbonyl (C=O) groups excluding carboxylic acids is 1. The van der Waals surface area contributed by atoms with Gasteiger partial charge in [0.15, 0.2) is 0 Å². The van der Waals surface area contributed by atoms with E-state index in [2.05, 4.69) is 17.3 Å². The van der Waals surface area contributed by atoms with Gasteiger partial charge in [0.1, 0.15) is 12.4 Å². The summed E-state index contributed by atoms with van der Waals surface area (Å²) >= 11 is 0. The number of hydrogen-bond acceptors (Lipinski definition) is 3. The topological polar surface area (TPSA) is 56.1 Å². The monoisotopic (exact) mass is 479 g/mol. The van der Waals surface area contributed by atoms with Gasteiger partial charge in [0.05, 0.1) is 24.0 Å². The zero-order valence-electron chi connectivity index (χ0n) is 19.0. The maximum atomic E-state index is 12.9. The molecule has 0 saturated carbocycles. The molecule has 4 rings (SSSR count). The van der Waals surface area contributed by atoms with Crippen LogP contribution in [0.4, 0.5) is 18.9 Å². The Morgan fingerprint density at radius 2 is 1.71 bits per heavy atom. The zero-order valence-corrected chi connectivity index (χ0v) is 19.0. The van der Waals surface area contributed by atoms with E-state index >= 15 is 0 Å². The minimum absolute atomic E-state index is 0.145. The molecule has 3 aromatic carbocycles. The predicted octanol–water partition coefficient (Wildman–Crippen LogP) is 6.34. The lowest BCUT2D eigenvalue weighted by Gasteiger charge is -2.09. The van der Waals surface area contributed by atoms with Crippen molar-refractivity contribution < 1.29 is 22.7 Å². The summed E-state index contributed by atoms with van der Waals surface area (Å²) in [4.78, 5) is 12.7. The summed E-state index contributed by atoms with van der Waals surface area (Å²) in [5, 5.41) is 6.91. The number of benzene rings is 3. The normalized spacial score (nSPS) is 11.3. The molecule has 180 valence electrons. The summed E-state index contributed by atoms with van der Waals surface area (Å²) in [5.41, 5.74) is 2.72. The first kappa shape index (κ1) is 24.1. The number of aromatic nitrogens is 2. The van der Waals surface area contributed by atoms with Gasteiger partial charge in [-0.1, -0.05) is 43.3 Å². The lowest BCUT2D eigenvalue weighted by Crippen LogP contribution is -2.12. The van der Waals surface area contributed by atoms with Crippen LogP contribution in [0.5, 0.6) is 5.75 Å². The van der Waals surface area contributed by atoms with Crippen LogP contribution in [0, 0.1) is 0 Å². The molecular weight excluding hydrogens is 455 g/mol. The molecule has 8 heteroatoms. The molecule has 0 saturated heterocycles. The van der Waals surface area contributed by atoms with Crippen molar-refractivity contribution in [2.75, 3.05) is 5.32 Å². The molecule has 1 aromatic heterocycles. The van der Waals surface area contributed by atoms with Gasteiger partial charge in [-0.15, -0.1) is 0 Å². The van der Waals surface area contributed by atoms with Crippen LogP contribution in [0.15, 0.2) is 85.2 Å². The van der Waals surface area contributed by atoms with Crippen molar-refractivity contribution in [2.24, 2.45) is 0 Å². The Hall–Kier alpha value is -4.07. The molecule has 0 aliphatic rings. The van der Waals surface area contributed by atoms with Crippen molar-refractivity contribution in [3.8, 4) is 5.75 Å². The number of anilines is 1. The molecule has 1 N–H and O–H groups in total. The second-order valence-electron chi connectivity index (χ2n) is 8.07. The Bertz CT molecular complexity index is 1300. The third-order valence-electron chi connectivity index (χ3n) is 5.42. The number of alkyl halides is 3. The van der Waals surface area contributed by atoms with Crippen LogP contribution in [0.2, 0.25) is 0 Å². The number of ether oxygens (including phenoxy) is 1. The molecule has 0 aliphatic heterocycles. The molecule has 1 heterocycles. The Labute approximate surface area is 201 Å². The van der Waals surface area contributed by atoms with Gasteiger partial charge in [0.25, 0.3) is 5.91 Å². The van der Waals surface area contributed by atoms with Gasteiger partial charge in [-0.05, 0) is 59.5 Å². The van der Waals surface area contributed by atoms with Crippen molar-refractivity contribution >= 4 is 11.6 Å². The van der Waals surface area contributed by atoms with Gasteiger partial charge in [0.2, 0.25) is 0 Å². The van der Waals surface area contributed by atoms with Crippen molar-refractivity contribution in [1.82, 2.24) is 9.78 Å². The average molecular weight is 480 g/mol. The molecule has 0 atom stereocenters. The zero-order chi connectivity index (χ0) is 24.8. The smallest absolute Gasteiger partial charge is 0.416 e. The maximum Gasteiger partial charge on any atom is 0.416 e. The molecule has 0 unspecified atom stereocenters. The molecule has 0 radical (unpaired) electrons. The second kappa shape index (κ2) is 10.5. The highest BCUT2D eigenvalue weighted by Crippen LogP contribution is 2.29. The summed E-state index contributed by atoms with van der Waals surface area (Å²) in [6.07, 6.45) is -0.413. The minimum atomic E-state index is -4.40. The van der Waals surface area contributed by atoms with Crippen molar-refractivity contribution in [1.29, 1.82) is 0 Å². The third kappa shape index (κ3) is 6.50. The standard InChI is InChI=1S/C27H24F3N3O2/c1-2-19-9-11-25(12-10-19)35-18-21-6-3-7-22(13-21)26(34)32-24-15-31-33(17-24)16-20-5-4-8-23(14-20)27(28,29)30/h3-15,17H,2,16,18H2,1H3,(H,32,34). The van der Waals surface area contributed by atoms with Crippen LogP contribution < -0.4 is 10.1 Å². The number of carbonyl (C=O) groups is 1. The van der Waals surface area contributed by atoms with Crippen LogP contribution in [-0.4, -0.2) is 15.7 Å². The van der Waals surface area contributed by atoms with E-state index in [0.717, 1.165) is 29.9 Å². The number of rotatable bonds is 8. The van der Waals surface area contributed by atoms with E-state index in [1.165, 1.54) is 22.5 Å². The summed E-state index contributed by atoms with van der Waals surface area (Å²) in [6.45, 7) is 2.56. The first-order chi connectivity index (χ1) is 16.8. The lowest BCUT2D eigenvalue weighted by atomic mass is 10.1. The van der Waals surface area contributed by atoms with E-state index in [1.54, 1.807) is 30.5 Å². The van der Waals surface area contributed by atoms with Crippen LogP contribution in [-0.2, 0) is 25.7 Å². The van der Waals surface area contributed by atoms with Crippen LogP contribution in [0.3, 0.4) is 0 Å². The van der Waals surface area contributed by atoms with Gasteiger partial charge < -0.3 is 10.1 Å². The van der Waals surface area contributed by atoms with E-state index in [0.29, 0.717) is 23.4 Å². The number of aryl methyl sites for hydroxylation is 1. The van der Waals surface area contributed by atoms with Gasteiger partial charge in [-0.3, -0.25) is 9.48 Å². The van der Waals surface area contributed by atoms with E-state index < -0.39 is 11.7 Å². The first-order valence-electron chi connectivity index (χ1n) is 11.1. The number of nitrogens with zero attached hydrogens (tertiary/aromatic N) is 2. The van der Waals surface area contributed by atoms with Gasteiger partial charge in [-0.2, -0.15) is 18.3 Å². The Morgan fingerprint density at radius 1 is 0.971 bits per heavy atom. The average Bonchev–Trinajstić information content (AvgIpc) is 3.29. The predicted molar refractivity (Wildman–Crippen MR) is 127 cm³/mol. The molecular formula is C27H24F3N3O2. The quantitative estimate of drug-likeness (QED) is 0.321. The Morgan fingerprint density at radius 3 is 2.46 bits per heavy atom. The van der Waals surface area contributed by atoms with Crippen molar-refractivity contribution in [2.45, 2.75) is 32.7 Å². The fourth-order valence-corrected chi connectivity index (χ4v) is 3.54.